The summed E-state index contributed by atoms with van der Waals surface area (Å²) >= 11 is 6.45. The fourth-order valence-corrected chi connectivity index (χ4v) is 4.92. The van der Waals surface area contributed by atoms with Crippen LogP contribution in [0.25, 0.3) is 11.3 Å². The number of halogens is 2. The van der Waals surface area contributed by atoms with E-state index in [1.165, 1.54) is 31.3 Å². The van der Waals surface area contributed by atoms with Crippen molar-refractivity contribution in [2.45, 2.75) is 32.7 Å². The second-order valence-corrected chi connectivity index (χ2v) is 9.35. The Balaban J connectivity index is 1.47. The number of nitrogens with zero attached hydrogens (tertiary/aromatic N) is 5. The topological polar surface area (TPSA) is 68.1 Å². The molecule has 2 aliphatic heterocycles. The predicted molar refractivity (Wildman–Crippen MR) is 122 cm³/mol. The zero-order valence-corrected chi connectivity index (χ0v) is 18.9. The van der Waals surface area contributed by atoms with Crippen molar-refractivity contribution in [1.29, 1.82) is 0 Å². The molecule has 2 saturated heterocycles. The third kappa shape index (κ3) is 3.82. The zero-order chi connectivity index (χ0) is 22.3. The lowest BCUT2D eigenvalue weighted by atomic mass is 9.72. The normalized spacial score (nSPS) is 17.6. The number of piperidine rings is 1. The molecule has 168 valence electrons. The number of benzene rings is 1. The van der Waals surface area contributed by atoms with Crippen LogP contribution in [-0.2, 0) is 0 Å². The van der Waals surface area contributed by atoms with Crippen molar-refractivity contribution in [3.63, 3.8) is 0 Å². The molecule has 1 spiro atoms. The van der Waals surface area contributed by atoms with E-state index in [-0.39, 0.29) is 11.9 Å². The van der Waals surface area contributed by atoms with E-state index in [9.17, 15) is 4.39 Å². The first kappa shape index (κ1) is 21.2. The monoisotopic (exact) mass is 456 g/mol. The van der Waals surface area contributed by atoms with E-state index in [0.29, 0.717) is 33.2 Å². The number of hydrogen-bond acceptors (Lipinski definition) is 6. The van der Waals surface area contributed by atoms with E-state index in [2.05, 4.69) is 25.3 Å². The highest BCUT2D eigenvalue weighted by Gasteiger charge is 2.44. The largest absolute Gasteiger partial charge is 0.451 e. The quantitative estimate of drug-likeness (QED) is 0.600. The Morgan fingerprint density at radius 1 is 1.16 bits per heavy atom. The van der Waals surface area contributed by atoms with E-state index in [1.54, 1.807) is 23.1 Å². The van der Waals surface area contributed by atoms with E-state index in [4.69, 9.17) is 16.3 Å². The van der Waals surface area contributed by atoms with Gasteiger partial charge in [-0.05, 0) is 58.0 Å². The van der Waals surface area contributed by atoms with Gasteiger partial charge in [0.05, 0.1) is 23.1 Å². The molecule has 5 rings (SSSR count). The van der Waals surface area contributed by atoms with Gasteiger partial charge in [-0.2, -0.15) is 5.10 Å². The number of anilines is 1. The molecule has 3 aromatic rings. The second kappa shape index (κ2) is 8.33. The standard InChI is InChI=1S/C23H26ClFN6O/c1-15(2)31-21(18(24)10-29-31)17-9-16(25)3-4-19(17)32-20-11-27-14-28-22(20)30-12-23(13-30)5-7-26-8-6-23/h3-4,9-11,14-15,26H,5-8,12-13H2,1-2H3. The summed E-state index contributed by atoms with van der Waals surface area (Å²) in [4.78, 5) is 10.9. The van der Waals surface area contributed by atoms with Crippen molar-refractivity contribution < 1.29 is 9.13 Å². The molecule has 0 radical (unpaired) electrons. The molecule has 0 amide bonds. The van der Waals surface area contributed by atoms with Gasteiger partial charge in [-0.25, -0.2) is 14.4 Å². The van der Waals surface area contributed by atoms with E-state index < -0.39 is 0 Å². The number of rotatable bonds is 5. The second-order valence-electron chi connectivity index (χ2n) is 8.94. The SMILES string of the molecule is CC(C)n1ncc(Cl)c1-c1cc(F)ccc1Oc1cncnc1N1CC2(CCNCC2)C1. The summed E-state index contributed by atoms with van der Waals surface area (Å²) in [7, 11) is 0. The molecule has 0 bridgehead atoms. The van der Waals surface area contributed by atoms with Gasteiger partial charge in [0.25, 0.3) is 0 Å². The maximum atomic E-state index is 14.2. The van der Waals surface area contributed by atoms with Crippen molar-refractivity contribution in [1.82, 2.24) is 25.1 Å². The molecule has 1 aromatic carbocycles. The van der Waals surface area contributed by atoms with E-state index >= 15 is 0 Å². The summed E-state index contributed by atoms with van der Waals surface area (Å²) in [5.74, 6) is 1.39. The van der Waals surface area contributed by atoms with Crippen LogP contribution in [0.15, 0.2) is 36.9 Å². The molecule has 2 aliphatic rings. The van der Waals surface area contributed by atoms with Crippen LogP contribution in [0.5, 0.6) is 11.5 Å². The molecule has 2 aromatic heterocycles. The van der Waals surface area contributed by atoms with Gasteiger partial charge in [-0.15, -0.1) is 0 Å². The molecule has 0 saturated carbocycles. The van der Waals surface area contributed by atoms with Crippen molar-refractivity contribution in [3.8, 4) is 22.8 Å². The molecule has 0 unspecified atom stereocenters. The summed E-state index contributed by atoms with van der Waals surface area (Å²) in [6.07, 6.45) is 7.10. The highest BCUT2D eigenvalue weighted by Crippen LogP contribution is 2.45. The number of nitrogens with one attached hydrogen (secondary N) is 1. The Bertz CT molecular complexity index is 1120. The zero-order valence-electron chi connectivity index (χ0n) is 18.2. The van der Waals surface area contributed by atoms with Crippen molar-refractivity contribution in [3.05, 3.63) is 47.8 Å². The van der Waals surface area contributed by atoms with Crippen LogP contribution >= 0.6 is 11.6 Å². The van der Waals surface area contributed by atoms with Gasteiger partial charge in [0.15, 0.2) is 11.6 Å². The molecule has 32 heavy (non-hydrogen) atoms. The molecule has 0 aliphatic carbocycles. The third-order valence-electron chi connectivity index (χ3n) is 6.33. The van der Waals surface area contributed by atoms with Crippen LogP contribution in [0.4, 0.5) is 10.2 Å². The van der Waals surface area contributed by atoms with Crippen molar-refractivity contribution >= 4 is 17.4 Å². The summed E-state index contributed by atoms with van der Waals surface area (Å²) in [5, 5.41) is 8.22. The maximum Gasteiger partial charge on any atom is 0.188 e. The first-order valence-electron chi connectivity index (χ1n) is 10.9. The number of ether oxygens (including phenoxy) is 1. The summed E-state index contributed by atoms with van der Waals surface area (Å²) < 4.78 is 22.3. The molecule has 9 heteroatoms. The lowest BCUT2D eigenvalue weighted by Gasteiger charge is -2.53. The van der Waals surface area contributed by atoms with Crippen LogP contribution in [0.1, 0.15) is 32.7 Å². The smallest absolute Gasteiger partial charge is 0.188 e. The number of hydrogen-bond donors (Lipinski definition) is 1. The Morgan fingerprint density at radius 2 is 1.94 bits per heavy atom. The summed E-state index contributed by atoms with van der Waals surface area (Å²) in [5.41, 5.74) is 1.51. The van der Waals surface area contributed by atoms with Gasteiger partial charge in [-0.1, -0.05) is 11.6 Å². The molecule has 4 heterocycles. The first-order valence-corrected chi connectivity index (χ1v) is 11.3. The Labute approximate surface area is 191 Å². The lowest BCUT2D eigenvalue weighted by molar-refractivity contribution is 0.148. The molecular weight excluding hydrogens is 431 g/mol. The molecule has 7 nitrogen and oxygen atoms in total. The Hall–Kier alpha value is -2.71. The van der Waals surface area contributed by atoms with Crippen molar-refractivity contribution in [2.24, 2.45) is 5.41 Å². The van der Waals surface area contributed by atoms with Crippen LogP contribution in [0.3, 0.4) is 0 Å². The van der Waals surface area contributed by atoms with E-state index in [1.807, 2.05) is 13.8 Å². The fraction of sp³-hybridized carbons (Fsp3) is 0.435. The van der Waals surface area contributed by atoms with Gasteiger partial charge < -0.3 is 15.0 Å². The van der Waals surface area contributed by atoms with Crippen molar-refractivity contribution in [2.75, 3.05) is 31.1 Å². The highest BCUT2D eigenvalue weighted by molar-refractivity contribution is 6.33. The highest BCUT2D eigenvalue weighted by atomic mass is 35.5. The average molecular weight is 457 g/mol. The van der Waals surface area contributed by atoms with Crippen LogP contribution in [0, 0.1) is 11.2 Å². The minimum Gasteiger partial charge on any atom is -0.451 e. The van der Waals surface area contributed by atoms with Gasteiger partial charge in [0.2, 0.25) is 0 Å². The molecular formula is C23H26ClFN6O. The predicted octanol–water partition coefficient (Wildman–Crippen LogP) is 4.70. The maximum absolute atomic E-state index is 14.2. The molecule has 1 N–H and O–H groups in total. The molecule has 2 fully saturated rings. The summed E-state index contributed by atoms with van der Waals surface area (Å²) in [6.45, 7) is 8.01. The minimum absolute atomic E-state index is 0.0477. The number of aromatic nitrogens is 4. The van der Waals surface area contributed by atoms with Crippen LogP contribution < -0.4 is 15.0 Å². The van der Waals surface area contributed by atoms with Gasteiger partial charge in [0.1, 0.15) is 17.9 Å². The first-order chi connectivity index (χ1) is 15.5. The van der Waals surface area contributed by atoms with Gasteiger partial charge in [0, 0.05) is 30.1 Å². The summed E-state index contributed by atoms with van der Waals surface area (Å²) in [6, 6.07) is 4.46. The van der Waals surface area contributed by atoms with Crippen LogP contribution in [-0.4, -0.2) is 45.9 Å². The van der Waals surface area contributed by atoms with Gasteiger partial charge >= 0.3 is 0 Å². The Kier molecular flexibility index (Phi) is 5.51. The van der Waals surface area contributed by atoms with Gasteiger partial charge in [-0.3, -0.25) is 4.68 Å². The minimum atomic E-state index is -0.375. The fourth-order valence-electron chi connectivity index (χ4n) is 4.69. The Morgan fingerprint density at radius 3 is 2.69 bits per heavy atom. The van der Waals surface area contributed by atoms with E-state index in [0.717, 1.165) is 32.0 Å². The average Bonchev–Trinajstić information content (AvgIpc) is 3.16. The third-order valence-corrected chi connectivity index (χ3v) is 6.61. The molecule has 0 atom stereocenters. The van der Waals surface area contributed by atoms with Crippen LogP contribution in [0.2, 0.25) is 5.02 Å². The lowest BCUT2D eigenvalue weighted by Crippen LogP contribution is -2.60.